The predicted octanol–water partition coefficient (Wildman–Crippen LogP) is 3.57. The van der Waals surface area contributed by atoms with Gasteiger partial charge < -0.3 is 4.90 Å². The maximum absolute atomic E-state index is 12.2. The summed E-state index contributed by atoms with van der Waals surface area (Å²) < 4.78 is 0. The van der Waals surface area contributed by atoms with Crippen molar-refractivity contribution in [3.63, 3.8) is 0 Å². The van der Waals surface area contributed by atoms with Crippen LogP contribution in [-0.2, 0) is 0 Å². The van der Waals surface area contributed by atoms with E-state index in [0.717, 1.165) is 5.56 Å². The minimum absolute atomic E-state index is 0.128. The maximum Gasteiger partial charge on any atom is 0.255 e. The Morgan fingerprint density at radius 3 is 2.29 bits per heavy atom. The van der Waals surface area contributed by atoms with Crippen molar-refractivity contribution in [3.05, 3.63) is 34.3 Å². The Bertz CT molecular complexity index is 389. The summed E-state index contributed by atoms with van der Waals surface area (Å²) >= 11 is 17.4. The van der Waals surface area contributed by atoms with E-state index in [1.807, 2.05) is 13.0 Å². The van der Waals surface area contributed by atoms with Crippen LogP contribution in [0.15, 0.2) is 18.2 Å². The number of carbonyl (C=O) groups is 1. The number of hydrogen-bond donors (Lipinski definition) is 0. The van der Waals surface area contributed by atoms with Crippen LogP contribution in [0.2, 0.25) is 5.02 Å². The molecule has 0 atom stereocenters. The SMILES string of the molecule is Cc1ccc(C(=O)N(CCCl)CCCl)c(Cl)c1. The highest BCUT2D eigenvalue weighted by Gasteiger charge is 2.17. The molecule has 0 aromatic heterocycles. The number of benzene rings is 1. The molecule has 0 saturated heterocycles. The Labute approximate surface area is 116 Å². The van der Waals surface area contributed by atoms with E-state index in [1.165, 1.54) is 0 Å². The third-order valence-corrected chi connectivity index (χ3v) is 3.00. The zero-order valence-electron chi connectivity index (χ0n) is 9.55. The lowest BCUT2D eigenvalue weighted by atomic mass is 10.1. The molecule has 94 valence electrons. The largest absolute Gasteiger partial charge is 0.336 e. The first kappa shape index (κ1) is 14.6. The standard InChI is InChI=1S/C12H14Cl3NO/c1-9-2-3-10(11(15)8-9)12(17)16(6-4-13)7-5-14/h2-3,8H,4-7H2,1H3. The van der Waals surface area contributed by atoms with Gasteiger partial charge in [0, 0.05) is 24.8 Å². The van der Waals surface area contributed by atoms with Gasteiger partial charge in [0.25, 0.3) is 5.91 Å². The van der Waals surface area contributed by atoms with Crippen molar-refractivity contribution < 1.29 is 4.79 Å². The van der Waals surface area contributed by atoms with Crippen molar-refractivity contribution in [1.29, 1.82) is 0 Å². The molecule has 1 amide bonds. The molecular weight excluding hydrogens is 280 g/mol. The molecule has 5 heteroatoms. The van der Waals surface area contributed by atoms with E-state index in [9.17, 15) is 4.79 Å². The van der Waals surface area contributed by atoms with Crippen LogP contribution in [0.5, 0.6) is 0 Å². The van der Waals surface area contributed by atoms with Gasteiger partial charge in [-0.2, -0.15) is 0 Å². The third-order valence-electron chi connectivity index (χ3n) is 2.35. The zero-order chi connectivity index (χ0) is 12.8. The van der Waals surface area contributed by atoms with Gasteiger partial charge in [-0.15, -0.1) is 23.2 Å². The molecule has 0 heterocycles. The highest BCUT2D eigenvalue weighted by molar-refractivity contribution is 6.34. The van der Waals surface area contributed by atoms with Gasteiger partial charge in [0.1, 0.15) is 0 Å². The number of rotatable bonds is 5. The summed E-state index contributed by atoms with van der Waals surface area (Å²) in [6, 6.07) is 5.36. The van der Waals surface area contributed by atoms with E-state index < -0.39 is 0 Å². The van der Waals surface area contributed by atoms with Crippen LogP contribution in [0, 0.1) is 6.92 Å². The summed E-state index contributed by atoms with van der Waals surface area (Å²) in [7, 11) is 0. The number of aryl methyl sites for hydroxylation is 1. The quantitative estimate of drug-likeness (QED) is 0.760. The minimum Gasteiger partial charge on any atom is -0.336 e. The number of carbonyl (C=O) groups excluding carboxylic acids is 1. The third kappa shape index (κ3) is 4.06. The topological polar surface area (TPSA) is 20.3 Å². The van der Waals surface area contributed by atoms with E-state index >= 15 is 0 Å². The van der Waals surface area contributed by atoms with E-state index in [2.05, 4.69) is 0 Å². The van der Waals surface area contributed by atoms with Crippen LogP contribution in [-0.4, -0.2) is 35.7 Å². The fourth-order valence-corrected chi connectivity index (χ4v) is 2.21. The Hall–Kier alpha value is -0.440. The summed E-state index contributed by atoms with van der Waals surface area (Å²) in [6.45, 7) is 2.87. The highest BCUT2D eigenvalue weighted by Crippen LogP contribution is 2.19. The lowest BCUT2D eigenvalue weighted by Gasteiger charge is -2.21. The summed E-state index contributed by atoms with van der Waals surface area (Å²) in [4.78, 5) is 13.8. The lowest BCUT2D eigenvalue weighted by Crippen LogP contribution is -2.34. The van der Waals surface area contributed by atoms with Gasteiger partial charge in [-0.25, -0.2) is 0 Å². The molecule has 1 aromatic carbocycles. The number of halogens is 3. The first-order valence-corrected chi connectivity index (χ1v) is 6.72. The van der Waals surface area contributed by atoms with Crippen molar-refractivity contribution in [2.24, 2.45) is 0 Å². The lowest BCUT2D eigenvalue weighted by molar-refractivity contribution is 0.0775. The predicted molar refractivity (Wildman–Crippen MR) is 73.5 cm³/mol. The highest BCUT2D eigenvalue weighted by atomic mass is 35.5. The average molecular weight is 295 g/mol. The van der Waals surface area contributed by atoms with Crippen LogP contribution < -0.4 is 0 Å². The van der Waals surface area contributed by atoms with Crippen molar-refractivity contribution in [1.82, 2.24) is 4.90 Å². The zero-order valence-corrected chi connectivity index (χ0v) is 11.8. The fraction of sp³-hybridized carbons (Fsp3) is 0.417. The molecule has 0 unspecified atom stereocenters. The van der Waals surface area contributed by atoms with Crippen molar-refractivity contribution >= 4 is 40.7 Å². The van der Waals surface area contributed by atoms with Gasteiger partial charge in [0.15, 0.2) is 0 Å². The molecule has 1 rings (SSSR count). The van der Waals surface area contributed by atoms with Crippen molar-refractivity contribution in [3.8, 4) is 0 Å². The van der Waals surface area contributed by atoms with E-state index in [4.69, 9.17) is 34.8 Å². The minimum atomic E-state index is -0.128. The number of nitrogens with zero attached hydrogens (tertiary/aromatic N) is 1. The van der Waals surface area contributed by atoms with Gasteiger partial charge in [-0.1, -0.05) is 17.7 Å². The summed E-state index contributed by atoms with van der Waals surface area (Å²) in [5.74, 6) is 0.634. The summed E-state index contributed by atoms with van der Waals surface area (Å²) in [5.41, 5.74) is 1.51. The fourth-order valence-electron chi connectivity index (χ4n) is 1.48. The monoisotopic (exact) mass is 293 g/mol. The Morgan fingerprint density at radius 2 is 1.82 bits per heavy atom. The van der Waals surface area contributed by atoms with Gasteiger partial charge in [-0.3, -0.25) is 4.79 Å². The Morgan fingerprint density at radius 1 is 1.24 bits per heavy atom. The molecule has 0 saturated carbocycles. The molecule has 0 N–H and O–H groups in total. The molecule has 1 aromatic rings. The maximum atomic E-state index is 12.2. The molecule has 0 aliphatic carbocycles. The van der Waals surface area contributed by atoms with Crippen LogP contribution >= 0.6 is 34.8 Å². The van der Waals surface area contributed by atoms with Gasteiger partial charge >= 0.3 is 0 Å². The smallest absolute Gasteiger partial charge is 0.255 e. The van der Waals surface area contributed by atoms with Crippen LogP contribution in [0.1, 0.15) is 15.9 Å². The first-order chi connectivity index (χ1) is 8.10. The molecule has 0 radical (unpaired) electrons. The molecule has 17 heavy (non-hydrogen) atoms. The second kappa shape index (κ2) is 7.10. The molecule has 0 aliphatic rings. The summed E-state index contributed by atoms with van der Waals surface area (Å²) in [6.07, 6.45) is 0. The second-order valence-corrected chi connectivity index (χ2v) is 4.82. The van der Waals surface area contributed by atoms with Gasteiger partial charge in [-0.05, 0) is 24.6 Å². The van der Waals surface area contributed by atoms with E-state index in [0.29, 0.717) is 35.4 Å². The van der Waals surface area contributed by atoms with Gasteiger partial charge in [0.2, 0.25) is 0 Å². The Kier molecular flexibility index (Phi) is 6.10. The first-order valence-electron chi connectivity index (χ1n) is 5.27. The normalized spacial score (nSPS) is 10.4. The van der Waals surface area contributed by atoms with Crippen molar-refractivity contribution in [2.45, 2.75) is 6.92 Å². The molecular formula is C12H14Cl3NO. The summed E-state index contributed by atoms with van der Waals surface area (Å²) in [5, 5.41) is 0.462. The van der Waals surface area contributed by atoms with Crippen molar-refractivity contribution in [2.75, 3.05) is 24.8 Å². The van der Waals surface area contributed by atoms with Gasteiger partial charge in [0.05, 0.1) is 10.6 Å². The molecule has 0 spiro atoms. The Balaban J connectivity index is 2.92. The van der Waals surface area contributed by atoms with Crippen LogP contribution in [0.25, 0.3) is 0 Å². The average Bonchev–Trinajstić information content (AvgIpc) is 2.28. The van der Waals surface area contributed by atoms with E-state index in [-0.39, 0.29) is 5.91 Å². The molecule has 0 aliphatic heterocycles. The van der Waals surface area contributed by atoms with E-state index in [1.54, 1.807) is 17.0 Å². The number of amides is 1. The molecule has 0 fully saturated rings. The number of alkyl halides is 2. The number of hydrogen-bond acceptors (Lipinski definition) is 1. The second-order valence-electron chi connectivity index (χ2n) is 3.65. The molecule has 2 nitrogen and oxygen atoms in total. The molecule has 0 bridgehead atoms. The van der Waals surface area contributed by atoms with Crippen LogP contribution in [0.4, 0.5) is 0 Å². The van der Waals surface area contributed by atoms with Crippen LogP contribution in [0.3, 0.4) is 0 Å².